The molecule has 1 saturated heterocycles. The normalized spacial score (nSPS) is 25.4. The maximum Gasteiger partial charge on any atom is 1.00 e. The van der Waals surface area contributed by atoms with Gasteiger partial charge in [0.25, 0.3) is 0 Å². The zero-order valence-electron chi connectivity index (χ0n) is 4.01. The second kappa shape index (κ2) is 3.16. The number of carbonyl (C=O) groups excluding carboxylic acids is 1. The van der Waals surface area contributed by atoms with Crippen molar-refractivity contribution >= 4 is 5.97 Å². The number of carbonyl (C=O) groups is 1. The molecular formula is C3H3KO3. The molecule has 4 heteroatoms. The van der Waals surface area contributed by atoms with E-state index < -0.39 is 12.1 Å². The van der Waals surface area contributed by atoms with Gasteiger partial charge in [-0.1, -0.05) is 0 Å². The van der Waals surface area contributed by atoms with Gasteiger partial charge in [-0.3, -0.25) is 0 Å². The van der Waals surface area contributed by atoms with Crippen molar-refractivity contribution in [3.63, 3.8) is 0 Å². The Kier molecular flexibility index (Phi) is 3.65. The third kappa shape index (κ3) is 2.79. The van der Waals surface area contributed by atoms with Crippen LogP contribution in [0.4, 0.5) is 0 Å². The Morgan fingerprint density at radius 2 is 2.29 bits per heavy atom. The van der Waals surface area contributed by atoms with Gasteiger partial charge >= 0.3 is 51.4 Å². The van der Waals surface area contributed by atoms with Crippen LogP contribution in [0.1, 0.15) is 0 Å². The van der Waals surface area contributed by atoms with Gasteiger partial charge in [0.1, 0.15) is 6.10 Å². The molecule has 1 fully saturated rings. The summed E-state index contributed by atoms with van der Waals surface area (Å²) in [6.07, 6.45) is -0.593. The van der Waals surface area contributed by atoms with Crippen molar-refractivity contribution in [1.82, 2.24) is 0 Å². The van der Waals surface area contributed by atoms with Crippen LogP contribution in [0.5, 0.6) is 0 Å². The fourth-order valence-electron chi connectivity index (χ4n) is 0.184. The van der Waals surface area contributed by atoms with Gasteiger partial charge in [-0.2, -0.15) is 0 Å². The molecule has 3 nitrogen and oxygen atoms in total. The molecular weight excluding hydrogens is 123 g/mol. The molecule has 0 aliphatic carbocycles. The van der Waals surface area contributed by atoms with Gasteiger partial charge in [0.2, 0.25) is 0 Å². The zero-order valence-corrected chi connectivity index (χ0v) is 7.13. The van der Waals surface area contributed by atoms with E-state index in [1.165, 1.54) is 0 Å². The first kappa shape index (κ1) is 8.07. The fraction of sp³-hybridized carbons (Fsp3) is 0.667. The van der Waals surface area contributed by atoms with Crippen molar-refractivity contribution in [2.45, 2.75) is 6.10 Å². The van der Waals surface area contributed by atoms with Crippen LogP contribution in [-0.4, -0.2) is 18.7 Å². The number of carboxylic acid groups (broad SMARTS) is 1. The first-order chi connectivity index (χ1) is 2.80. The number of epoxide rings is 1. The molecule has 34 valence electrons. The van der Waals surface area contributed by atoms with Crippen molar-refractivity contribution < 1.29 is 66.0 Å². The van der Waals surface area contributed by atoms with Crippen LogP contribution >= 0.6 is 0 Å². The van der Waals surface area contributed by atoms with Gasteiger partial charge in [0.05, 0.1) is 12.6 Å². The molecule has 7 heavy (non-hydrogen) atoms. The molecule has 1 aliphatic rings. The van der Waals surface area contributed by atoms with E-state index in [-0.39, 0.29) is 51.4 Å². The van der Waals surface area contributed by atoms with Crippen molar-refractivity contribution in [3.05, 3.63) is 0 Å². The predicted molar refractivity (Wildman–Crippen MR) is 14.7 cm³/mol. The van der Waals surface area contributed by atoms with Crippen molar-refractivity contribution in [3.8, 4) is 0 Å². The monoisotopic (exact) mass is 126 g/mol. The largest absolute Gasteiger partial charge is 1.00 e. The summed E-state index contributed by atoms with van der Waals surface area (Å²) in [6, 6.07) is 0. The number of ether oxygens (including phenoxy) is 1. The number of aliphatic carboxylic acids is 1. The van der Waals surface area contributed by atoms with E-state index in [1.807, 2.05) is 0 Å². The van der Waals surface area contributed by atoms with E-state index in [4.69, 9.17) is 0 Å². The molecule has 0 radical (unpaired) electrons. The summed E-state index contributed by atoms with van der Waals surface area (Å²) >= 11 is 0. The minimum atomic E-state index is -1.10. The average Bonchev–Trinajstić information content (AvgIpc) is 2.06. The Morgan fingerprint density at radius 3 is 2.29 bits per heavy atom. The topological polar surface area (TPSA) is 52.7 Å². The van der Waals surface area contributed by atoms with Gasteiger partial charge in [0.15, 0.2) is 0 Å². The number of hydrogen-bond acceptors (Lipinski definition) is 3. The SMILES string of the molecule is O=C([O-])[C@H]1CO1.[K+]. The summed E-state index contributed by atoms with van der Waals surface area (Å²) in [5.41, 5.74) is 0. The minimum absolute atomic E-state index is 0. The fourth-order valence-corrected chi connectivity index (χ4v) is 0.184. The molecule has 0 spiro atoms. The van der Waals surface area contributed by atoms with E-state index in [1.54, 1.807) is 0 Å². The molecule has 1 heterocycles. The first-order valence-electron chi connectivity index (χ1n) is 1.63. The Bertz CT molecular complexity index is 78.2. The first-order valence-corrected chi connectivity index (χ1v) is 1.63. The summed E-state index contributed by atoms with van der Waals surface area (Å²) in [6.45, 7) is 0.336. The molecule has 0 saturated carbocycles. The average molecular weight is 126 g/mol. The third-order valence-corrected chi connectivity index (χ3v) is 0.596. The number of carboxylic acids is 1. The van der Waals surface area contributed by atoms with Crippen LogP contribution in [0.15, 0.2) is 0 Å². The van der Waals surface area contributed by atoms with Gasteiger partial charge in [-0.05, 0) is 0 Å². The van der Waals surface area contributed by atoms with E-state index in [2.05, 4.69) is 4.74 Å². The molecule has 0 N–H and O–H groups in total. The number of hydrogen-bond donors (Lipinski definition) is 0. The van der Waals surface area contributed by atoms with Gasteiger partial charge < -0.3 is 14.6 Å². The molecule has 0 bridgehead atoms. The van der Waals surface area contributed by atoms with Crippen molar-refractivity contribution in [2.24, 2.45) is 0 Å². The Labute approximate surface area is 83.5 Å². The Hall–Kier alpha value is 1.07. The molecule has 0 amide bonds. The number of rotatable bonds is 1. The maximum absolute atomic E-state index is 9.53. The summed E-state index contributed by atoms with van der Waals surface area (Å²) < 4.78 is 4.31. The Balaban J connectivity index is 0.000000360. The third-order valence-electron chi connectivity index (χ3n) is 0.596. The summed E-state index contributed by atoms with van der Waals surface area (Å²) in [7, 11) is 0. The van der Waals surface area contributed by atoms with Crippen LogP contribution in [0.3, 0.4) is 0 Å². The minimum Gasteiger partial charge on any atom is -0.547 e. The molecule has 0 unspecified atom stereocenters. The second-order valence-electron chi connectivity index (χ2n) is 1.14. The van der Waals surface area contributed by atoms with Crippen molar-refractivity contribution in [2.75, 3.05) is 6.61 Å². The zero-order chi connectivity index (χ0) is 4.57. The van der Waals surface area contributed by atoms with Gasteiger partial charge in [-0.15, -0.1) is 0 Å². The second-order valence-corrected chi connectivity index (χ2v) is 1.14. The standard InChI is InChI=1S/C3H4O3.K/c4-3(5)2-1-6-2;/h2H,1H2,(H,4,5);/q;+1/p-1/t2-;/m1./s1. The molecule has 1 atom stereocenters. The van der Waals surface area contributed by atoms with E-state index in [9.17, 15) is 9.90 Å². The predicted octanol–water partition coefficient (Wildman–Crippen LogP) is -4.86. The quantitative estimate of drug-likeness (QED) is 0.261. The van der Waals surface area contributed by atoms with Crippen LogP contribution < -0.4 is 56.5 Å². The van der Waals surface area contributed by atoms with Crippen LogP contribution in [0, 0.1) is 0 Å². The van der Waals surface area contributed by atoms with Gasteiger partial charge in [-0.25, -0.2) is 0 Å². The molecule has 0 aromatic heterocycles. The van der Waals surface area contributed by atoms with Crippen molar-refractivity contribution in [1.29, 1.82) is 0 Å². The summed E-state index contributed by atoms with van der Waals surface area (Å²) in [5.74, 6) is -1.10. The van der Waals surface area contributed by atoms with Crippen LogP contribution in [-0.2, 0) is 9.53 Å². The van der Waals surface area contributed by atoms with Crippen LogP contribution in [0.2, 0.25) is 0 Å². The van der Waals surface area contributed by atoms with Crippen LogP contribution in [0.25, 0.3) is 0 Å². The molecule has 0 aromatic carbocycles. The Morgan fingerprint density at radius 1 is 1.86 bits per heavy atom. The van der Waals surface area contributed by atoms with E-state index in [0.717, 1.165) is 0 Å². The molecule has 1 aliphatic heterocycles. The smallest absolute Gasteiger partial charge is 0.547 e. The summed E-state index contributed by atoms with van der Waals surface area (Å²) in [5, 5.41) is 9.53. The van der Waals surface area contributed by atoms with Gasteiger partial charge in [0, 0.05) is 0 Å². The summed E-state index contributed by atoms with van der Waals surface area (Å²) in [4.78, 5) is 9.53. The van der Waals surface area contributed by atoms with E-state index in [0.29, 0.717) is 6.61 Å². The molecule has 0 aromatic rings. The maximum atomic E-state index is 9.53. The van der Waals surface area contributed by atoms with E-state index >= 15 is 0 Å². The molecule has 1 rings (SSSR count).